The fourth-order valence-corrected chi connectivity index (χ4v) is 4.62. The molecule has 0 fully saturated rings. The van der Waals surface area contributed by atoms with Crippen LogP contribution in [-0.4, -0.2) is 47.8 Å². The Labute approximate surface area is 279 Å². The van der Waals surface area contributed by atoms with Crippen molar-refractivity contribution in [3.05, 3.63) is 142 Å². The highest BCUT2D eigenvalue weighted by Crippen LogP contribution is 2.18. The normalized spacial score (nSPS) is 13.2. The molecule has 242 valence electrons. The van der Waals surface area contributed by atoms with E-state index in [0.717, 1.165) is 22.3 Å². The van der Waals surface area contributed by atoms with Crippen LogP contribution in [0.5, 0.6) is 0 Å². The van der Waals surface area contributed by atoms with Crippen molar-refractivity contribution in [3.8, 4) is 24.3 Å². The molecule has 0 unspecified atom stereocenters. The first-order valence-electron chi connectivity index (χ1n) is 15.1. The molecule has 0 bridgehead atoms. The number of hydrogen-bond donors (Lipinski definition) is 2. The van der Waals surface area contributed by atoms with Crippen LogP contribution in [0.1, 0.15) is 44.5 Å². The molecule has 0 aliphatic carbocycles. The predicted molar refractivity (Wildman–Crippen MR) is 173 cm³/mol. The molecule has 0 aliphatic heterocycles. The molecular formula is C38H34N4O6. The molecular weight excluding hydrogens is 608 g/mol. The Kier molecular flexibility index (Phi) is 13.8. The molecule has 0 saturated carbocycles. The van der Waals surface area contributed by atoms with E-state index >= 15 is 0 Å². The molecule has 0 aromatic heterocycles. The molecule has 0 saturated heterocycles. The molecule has 0 spiro atoms. The maximum absolute atomic E-state index is 11.5. The van der Waals surface area contributed by atoms with Gasteiger partial charge in [0.05, 0.1) is 86.2 Å². The minimum atomic E-state index is -1.46. The van der Waals surface area contributed by atoms with Gasteiger partial charge in [-0.1, -0.05) is 48.5 Å². The topological polar surface area (TPSA) is 173 Å². The van der Waals surface area contributed by atoms with E-state index in [1.165, 1.54) is 0 Å². The summed E-state index contributed by atoms with van der Waals surface area (Å²) in [6.07, 6.45) is -4.91. The van der Waals surface area contributed by atoms with Crippen molar-refractivity contribution in [2.75, 3.05) is 13.2 Å². The molecule has 4 aromatic carbocycles. The fourth-order valence-electron chi connectivity index (χ4n) is 4.62. The first-order chi connectivity index (χ1) is 23.4. The van der Waals surface area contributed by atoms with Crippen molar-refractivity contribution in [2.24, 2.45) is 0 Å². The number of hydrogen-bond acceptors (Lipinski definition) is 10. The second-order valence-corrected chi connectivity index (χ2v) is 10.9. The van der Waals surface area contributed by atoms with Crippen molar-refractivity contribution in [1.82, 2.24) is 0 Å². The van der Waals surface area contributed by atoms with Gasteiger partial charge in [0, 0.05) is 0 Å². The molecule has 2 N–H and O–H groups in total. The van der Waals surface area contributed by atoms with Gasteiger partial charge in [-0.05, 0) is 70.8 Å². The lowest BCUT2D eigenvalue weighted by Crippen LogP contribution is -2.49. The number of aliphatic hydroxyl groups is 2. The summed E-state index contributed by atoms with van der Waals surface area (Å²) >= 11 is 0. The third-order valence-corrected chi connectivity index (χ3v) is 7.47. The minimum absolute atomic E-state index is 0.0757. The highest BCUT2D eigenvalue weighted by molar-refractivity contribution is 5.33. The van der Waals surface area contributed by atoms with Gasteiger partial charge in [-0.2, -0.15) is 21.0 Å². The van der Waals surface area contributed by atoms with Crippen LogP contribution in [-0.2, 0) is 45.4 Å². The summed E-state index contributed by atoms with van der Waals surface area (Å²) in [5, 5.41) is 59.3. The number of ether oxygens (including phenoxy) is 4. The summed E-state index contributed by atoms with van der Waals surface area (Å²) < 4.78 is 24.0. The SMILES string of the molecule is N#Cc1ccc(COC[C@@H](OCc2ccc(C#N)cc2)[C@@H](O)[C@H](O)[C@@H](COCc2ccc(C#N)cc2)OCc2ccc(C#N)cc2)cc1. The molecule has 4 rings (SSSR count). The van der Waals surface area contributed by atoms with Crippen LogP contribution in [0.25, 0.3) is 0 Å². The van der Waals surface area contributed by atoms with Gasteiger partial charge < -0.3 is 29.2 Å². The van der Waals surface area contributed by atoms with Gasteiger partial charge in [0.2, 0.25) is 0 Å². The zero-order chi connectivity index (χ0) is 34.1. The minimum Gasteiger partial charge on any atom is -0.388 e. The highest BCUT2D eigenvalue weighted by atomic mass is 16.6. The Morgan fingerprint density at radius 2 is 0.667 bits per heavy atom. The molecule has 48 heavy (non-hydrogen) atoms. The number of aliphatic hydroxyl groups excluding tert-OH is 2. The highest BCUT2D eigenvalue weighted by Gasteiger charge is 2.34. The monoisotopic (exact) mass is 642 g/mol. The molecule has 0 heterocycles. The standard InChI is InChI=1S/C38H34N4O6/c39-17-27-1-9-31(10-2-27)21-45-25-35(47-23-33-13-5-29(19-41)6-14-33)37(43)38(44)36(48-24-34-15-7-30(20-42)8-16-34)26-46-22-32-11-3-28(18-40)4-12-32/h1-16,35-38,43-44H,21-26H2/t35-,36-,37-,38-/m1/s1. The number of nitrogens with zero attached hydrogens (tertiary/aromatic N) is 4. The third kappa shape index (κ3) is 10.9. The summed E-state index contributed by atoms with van der Waals surface area (Å²) in [5.41, 5.74) is 5.19. The Morgan fingerprint density at radius 1 is 0.417 bits per heavy atom. The van der Waals surface area contributed by atoms with Crippen LogP contribution in [0.15, 0.2) is 97.1 Å². The van der Waals surface area contributed by atoms with E-state index < -0.39 is 24.4 Å². The number of benzene rings is 4. The van der Waals surface area contributed by atoms with Crippen LogP contribution >= 0.6 is 0 Å². The lowest BCUT2D eigenvalue weighted by Gasteiger charge is -2.32. The molecule has 4 atom stereocenters. The Bertz CT molecular complexity index is 1620. The molecule has 10 heteroatoms. The molecule has 4 aromatic rings. The first-order valence-corrected chi connectivity index (χ1v) is 15.1. The van der Waals surface area contributed by atoms with E-state index in [1.54, 1.807) is 97.1 Å². The largest absolute Gasteiger partial charge is 0.388 e. The second kappa shape index (κ2) is 18.7. The summed E-state index contributed by atoms with van der Waals surface area (Å²) in [7, 11) is 0. The number of nitriles is 4. The van der Waals surface area contributed by atoms with Crippen LogP contribution in [0, 0.1) is 45.3 Å². The fraction of sp³-hybridized carbons (Fsp3) is 0.263. The van der Waals surface area contributed by atoms with Crippen LogP contribution in [0.4, 0.5) is 0 Å². The zero-order valence-corrected chi connectivity index (χ0v) is 26.1. The summed E-state index contributed by atoms with van der Waals surface area (Å²) in [6.45, 7) is 0.347. The van der Waals surface area contributed by atoms with Gasteiger partial charge >= 0.3 is 0 Å². The van der Waals surface area contributed by atoms with Gasteiger partial charge in [0.25, 0.3) is 0 Å². The summed E-state index contributed by atoms with van der Waals surface area (Å²) in [5.74, 6) is 0. The van der Waals surface area contributed by atoms with Gasteiger partial charge in [-0.15, -0.1) is 0 Å². The maximum Gasteiger partial charge on any atom is 0.111 e. The number of rotatable bonds is 17. The van der Waals surface area contributed by atoms with Crippen LogP contribution in [0.3, 0.4) is 0 Å². The molecule has 10 nitrogen and oxygen atoms in total. The van der Waals surface area contributed by atoms with Crippen molar-refractivity contribution >= 4 is 0 Å². The van der Waals surface area contributed by atoms with Crippen molar-refractivity contribution < 1.29 is 29.2 Å². The predicted octanol–water partition coefficient (Wildman–Crippen LogP) is 4.80. The van der Waals surface area contributed by atoms with E-state index in [4.69, 9.17) is 40.0 Å². The molecule has 0 radical (unpaired) electrons. The third-order valence-electron chi connectivity index (χ3n) is 7.47. The van der Waals surface area contributed by atoms with Gasteiger partial charge in [0.1, 0.15) is 24.4 Å². The van der Waals surface area contributed by atoms with E-state index in [9.17, 15) is 10.2 Å². The first kappa shape index (κ1) is 35.5. The van der Waals surface area contributed by atoms with Crippen LogP contribution < -0.4 is 0 Å². The van der Waals surface area contributed by atoms with Gasteiger partial charge in [-0.25, -0.2) is 0 Å². The average molecular weight is 643 g/mol. The van der Waals surface area contributed by atoms with E-state index in [0.29, 0.717) is 22.3 Å². The Hall–Kier alpha value is -5.40. The second-order valence-electron chi connectivity index (χ2n) is 10.9. The van der Waals surface area contributed by atoms with Gasteiger partial charge in [-0.3, -0.25) is 0 Å². The summed E-state index contributed by atoms with van der Waals surface area (Å²) in [4.78, 5) is 0. The average Bonchev–Trinajstić information content (AvgIpc) is 3.14. The van der Waals surface area contributed by atoms with E-state index in [2.05, 4.69) is 24.3 Å². The van der Waals surface area contributed by atoms with Crippen LogP contribution in [0.2, 0.25) is 0 Å². The molecule has 0 amide bonds. The lowest BCUT2D eigenvalue weighted by atomic mass is 10.0. The van der Waals surface area contributed by atoms with E-state index in [-0.39, 0.29) is 39.6 Å². The van der Waals surface area contributed by atoms with Crippen molar-refractivity contribution in [3.63, 3.8) is 0 Å². The molecule has 0 aliphatic rings. The van der Waals surface area contributed by atoms with Crippen molar-refractivity contribution in [2.45, 2.75) is 50.8 Å². The van der Waals surface area contributed by atoms with Gasteiger partial charge in [0.15, 0.2) is 0 Å². The van der Waals surface area contributed by atoms with Crippen molar-refractivity contribution in [1.29, 1.82) is 21.0 Å². The Balaban J connectivity index is 1.47. The lowest BCUT2D eigenvalue weighted by molar-refractivity contribution is -0.170. The quantitative estimate of drug-likeness (QED) is 0.163. The smallest absolute Gasteiger partial charge is 0.111 e. The zero-order valence-electron chi connectivity index (χ0n) is 26.1. The van der Waals surface area contributed by atoms with E-state index in [1.807, 2.05) is 0 Å². The summed E-state index contributed by atoms with van der Waals surface area (Å²) in [6, 6.07) is 35.8. The maximum atomic E-state index is 11.5. The Morgan fingerprint density at radius 3 is 0.917 bits per heavy atom.